The Hall–Kier alpha value is -0.610. The van der Waals surface area contributed by atoms with E-state index < -0.39 is 0 Å². The maximum absolute atomic E-state index is 11.9. The largest absolute Gasteiger partial charge is 0.384 e. The van der Waals surface area contributed by atoms with Gasteiger partial charge < -0.3 is 15.4 Å². The Kier molecular flexibility index (Phi) is 5.22. The molecule has 0 aliphatic carbocycles. The van der Waals surface area contributed by atoms with Gasteiger partial charge in [0.05, 0.1) is 6.61 Å². The first kappa shape index (κ1) is 13.5. The molecule has 0 spiro atoms. The van der Waals surface area contributed by atoms with E-state index in [1.54, 1.807) is 7.11 Å². The van der Waals surface area contributed by atoms with Crippen LogP contribution in [0.1, 0.15) is 26.7 Å². The van der Waals surface area contributed by atoms with Gasteiger partial charge in [-0.15, -0.1) is 0 Å². The summed E-state index contributed by atoms with van der Waals surface area (Å²) in [6, 6.07) is -0.0195. The van der Waals surface area contributed by atoms with Crippen LogP contribution < -0.4 is 5.73 Å². The quantitative estimate of drug-likeness (QED) is 0.759. The van der Waals surface area contributed by atoms with Gasteiger partial charge in [0.2, 0.25) is 5.91 Å². The molecule has 1 amide bonds. The lowest BCUT2D eigenvalue weighted by molar-refractivity contribution is -0.130. The molecular formula is C12H24N2O2. The summed E-state index contributed by atoms with van der Waals surface area (Å²) in [4.78, 5) is 13.8. The molecule has 1 fully saturated rings. The van der Waals surface area contributed by atoms with Gasteiger partial charge in [0, 0.05) is 38.6 Å². The van der Waals surface area contributed by atoms with Crippen molar-refractivity contribution >= 4 is 5.91 Å². The zero-order valence-electron chi connectivity index (χ0n) is 10.6. The van der Waals surface area contributed by atoms with Crippen LogP contribution in [-0.4, -0.2) is 43.7 Å². The zero-order valence-corrected chi connectivity index (χ0v) is 10.6. The maximum Gasteiger partial charge on any atom is 0.224 e. The van der Waals surface area contributed by atoms with Gasteiger partial charge in [0.1, 0.15) is 0 Å². The van der Waals surface area contributed by atoms with Gasteiger partial charge in [-0.2, -0.15) is 0 Å². The molecule has 0 saturated carbocycles. The zero-order chi connectivity index (χ0) is 12.1. The number of ether oxygens (including phenoxy) is 1. The van der Waals surface area contributed by atoms with Crippen LogP contribution in [0.15, 0.2) is 0 Å². The summed E-state index contributed by atoms with van der Waals surface area (Å²) in [6.45, 7) is 6.54. The minimum Gasteiger partial charge on any atom is -0.384 e. The highest BCUT2D eigenvalue weighted by atomic mass is 16.5. The minimum atomic E-state index is -0.0195. The normalized spacial score (nSPS) is 22.8. The number of likely N-dealkylation sites (tertiary alicyclic amines) is 1. The molecule has 1 aliphatic heterocycles. The molecule has 4 heteroatoms. The second-order valence-corrected chi connectivity index (χ2v) is 5.06. The minimum absolute atomic E-state index is 0.0195. The summed E-state index contributed by atoms with van der Waals surface area (Å²) < 4.78 is 5.11. The highest BCUT2D eigenvalue weighted by molar-refractivity contribution is 5.77. The fourth-order valence-electron chi connectivity index (χ4n) is 2.00. The van der Waals surface area contributed by atoms with E-state index >= 15 is 0 Å². The summed E-state index contributed by atoms with van der Waals surface area (Å²) in [6.07, 6.45) is 1.52. The molecule has 0 aromatic rings. The summed E-state index contributed by atoms with van der Waals surface area (Å²) in [7, 11) is 1.71. The van der Waals surface area contributed by atoms with E-state index in [0.717, 1.165) is 26.1 Å². The average Bonchev–Trinajstić information content (AvgIpc) is 2.66. The fraction of sp³-hybridized carbons (Fsp3) is 0.917. The Morgan fingerprint density at radius 2 is 2.25 bits per heavy atom. The standard InChI is InChI=1S/C12H24N2O2/c1-9(2)11(13)6-12(15)14-5-4-10(7-14)8-16-3/h9-11H,4-8,13H2,1-3H3. The highest BCUT2D eigenvalue weighted by Gasteiger charge is 2.27. The van der Waals surface area contributed by atoms with Crippen LogP contribution >= 0.6 is 0 Å². The van der Waals surface area contributed by atoms with Crippen molar-refractivity contribution in [1.82, 2.24) is 4.90 Å². The average molecular weight is 228 g/mol. The van der Waals surface area contributed by atoms with Crippen molar-refractivity contribution in [3.63, 3.8) is 0 Å². The molecule has 2 unspecified atom stereocenters. The van der Waals surface area contributed by atoms with Gasteiger partial charge in [-0.3, -0.25) is 4.79 Å². The van der Waals surface area contributed by atoms with E-state index in [-0.39, 0.29) is 11.9 Å². The molecule has 1 saturated heterocycles. The lowest BCUT2D eigenvalue weighted by Gasteiger charge is -2.21. The van der Waals surface area contributed by atoms with Crippen LogP contribution in [0.4, 0.5) is 0 Å². The summed E-state index contributed by atoms with van der Waals surface area (Å²) >= 11 is 0. The van der Waals surface area contributed by atoms with Crippen molar-refractivity contribution in [3.8, 4) is 0 Å². The van der Waals surface area contributed by atoms with Crippen LogP contribution in [0.25, 0.3) is 0 Å². The third kappa shape index (κ3) is 3.76. The van der Waals surface area contributed by atoms with Gasteiger partial charge in [-0.25, -0.2) is 0 Å². The van der Waals surface area contributed by atoms with E-state index in [0.29, 0.717) is 18.3 Å². The van der Waals surface area contributed by atoms with Crippen molar-refractivity contribution in [2.75, 3.05) is 26.8 Å². The van der Waals surface area contributed by atoms with Crippen molar-refractivity contribution in [3.05, 3.63) is 0 Å². The van der Waals surface area contributed by atoms with E-state index in [1.165, 1.54) is 0 Å². The first-order valence-corrected chi connectivity index (χ1v) is 6.07. The van der Waals surface area contributed by atoms with Crippen LogP contribution in [0, 0.1) is 11.8 Å². The van der Waals surface area contributed by atoms with Crippen LogP contribution in [0.3, 0.4) is 0 Å². The third-order valence-electron chi connectivity index (χ3n) is 3.31. The van der Waals surface area contributed by atoms with Crippen molar-refractivity contribution in [2.45, 2.75) is 32.7 Å². The van der Waals surface area contributed by atoms with Gasteiger partial charge in [-0.1, -0.05) is 13.8 Å². The first-order valence-electron chi connectivity index (χ1n) is 6.07. The number of nitrogens with zero attached hydrogens (tertiary/aromatic N) is 1. The number of nitrogens with two attached hydrogens (primary N) is 1. The van der Waals surface area contributed by atoms with Crippen LogP contribution in [0.5, 0.6) is 0 Å². The lowest BCUT2D eigenvalue weighted by Crippen LogP contribution is -2.37. The number of carbonyl (C=O) groups excluding carboxylic acids is 1. The van der Waals surface area contributed by atoms with E-state index in [1.807, 2.05) is 4.90 Å². The predicted octanol–water partition coefficient (Wildman–Crippen LogP) is 0.855. The summed E-state index contributed by atoms with van der Waals surface area (Å²) in [5.74, 6) is 1.06. The SMILES string of the molecule is COCC1CCN(C(=O)CC(N)C(C)C)C1. The maximum atomic E-state index is 11.9. The second-order valence-electron chi connectivity index (χ2n) is 5.06. The Morgan fingerprint density at radius 1 is 1.56 bits per heavy atom. The molecule has 94 valence electrons. The molecule has 0 aromatic carbocycles. The Morgan fingerprint density at radius 3 is 2.81 bits per heavy atom. The monoisotopic (exact) mass is 228 g/mol. The van der Waals surface area contributed by atoms with Crippen molar-refractivity contribution in [2.24, 2.45) is 17.6 Å². The summed E-state index contributed by atoms with van der Waals surface area (Å²) in [5, 5.41) is 0. The molecule has 0 aromatic heterocycles. The second kappa shape index (κ2) is 6.21. The first-order chi connectivity index (χ1) is 7.54. The Balaban J connectivity index is 2.33. The molecule has 0 bridgehead atoms. The van der Waals surface area contributed by atoms with Gasteiger partial charge >= 0.3 is 0 Å². The molecule has 0 radical (unpaired) electrons. The third-order valence-corrected chi connectivity index (χ3v) is 3.31. The van der Waals surface area contributed by atoms with Gasteiger partial charge in [0.25, 0.3) is 0 Å². The lowest BCUT2D eigenvalue weighted by atomic mass is 10.0. The van der Waals surface area contributed by atoms with Crippen LogP contribution in [-0.2, 0) is 9.53 Å². The molecule has 2 atom stereocenters. The summed E-state index contributed by atoms with van der Waals surface area (Å²) in [5.41, 5.74) is 5.91. The molecule has 16 heavy (non-hydrogen) atoms. The van der Waals surface area contributed by atoms with E-state index in [9.17, 15) is 4.79 Å². The van der Waals surface area contributed by atoms with Gasteiger partial charge in [-0.05, 0) is 12.3 Å². The Bertz CT molecular complexity index is 231. The molecule has 1 heterocycles. The van der Waals surface area contributed by atoms with Crippen molar-refractivity contribution in [1.29, 1.82) is 0 Å². The number of carbonyl (C=O) groups is 1. The molecule has 4 nitrogen and oxygen atoms in total. The number of rotatable bonds is 5. The number of hydrogen-bond acceptors (Lipinski definition) is 3. The van der Waals surface area contributed by atoms with Crippen LogP contribution in [0.2, 0.25) is 0 Å². The number of hydrogen-bond donors (Lipinski definition) is 1. The number of amides is 1. The molecular weight excluding hydrogens is 204 g/mol. The smallest absolute Gasteiger partial charge is 0.224 e. The van der Waals surface area contributed by atoms with E-state index in [4.69, 9.17) is 10.5 Å². The molecule has 1 aliphatic rings. The van der Waals surface area contributed by atoms with E-state index in [2.05, 4.69) is 13.8 Å². The highest BCUT2D eigenvalue weighted by Crippen LogP contribution is 2.18. The van der Waals surface area contributed by atoms with Gasteiger partial charge in [0.15, 0.2) is 0 Å². The molecule has 2 N–H and O–H groups in total. The fourth-order valence-corrected chi connectivity index (χ4v) is 2.00. The number of methoxy groups -OCH3 is 1. The predicted molar refractivity (Wildman–Crippen MR) is 64.0 cm³/mol. The molecule has 1 rings (SSSR count). The Labute approximate surface area is 98.1 Å². The van der Waals surface area contributed by atoms with Crippen molar-refractivity contribution < 1.29 is 9.53 Å². The topological polar surface area (TPSA) is 55.6 Å².